The zero-order valence-electron chi connectivity index (χ0n) is 14.9. The number of aryl methyl sites for hydroxylation is 2. The van der Waals surface area contributed by atoms with Gasteiger partial charge in [0.05, 0.1) is 5.69 Å². The van der Waals surface area contributed by atoms with Crippen LogP contribution in [0.15, 0.2) is 30.3 Å². The molecule has 3 rings (SSSR count). The minimum absolute atomic E-state index is 0.0410. The molecule has 26 heavy (non-hydrogen) atoms. The van der Waals surface area contributed by atoms with Gasteiger partial charge in [0, 0.05) is 23.4 Å². The first-order valence-electron chi connectivity index (χ1n) is 9.34. The first kappa shape index (κ1) is 18.6. The summed E-state index contributed by atoms with van der Waals surface area (Å²) in [5, 5.41) is 6.47. The molecule has 0 saturated heterocycles. The van der Waals surface area contributed by atoms with E-state index in [2.05, 4.69) is 15.6 Å². The third kappa shape index (κ3) is 5.39. The molecular weight excluding hydrogens is 346 g/mol. The molecule has 1 aliphatic carbocycles. The van der Waals surface area contributed by atoms with Gasteiger partial charge in [0.25, 0.3) is 5.91 Å². The molecular formula is C20H25N3O2S. The Morgan fingerprint density at radius 1 is 1.04 bits per heavy atom. The van der Waals surface area contributed by atoms with Crippen LogP contribution in [0.25, 0.3) is 0 Å². The average Bonchev–Trinajstić information content (AvgIpc) is 3.00. The summed E-state index contributed by atoms with van der Waals surface area (Å²) in [6.07, 6.45) is 8.03. The number of aromatic nitrogens is 1. The van der Waals surface area contributed by atoms with Gasteiger partial charge >= 0.3 is 0 Å². The van der Waals surface area contributed by atoms with Crippen molar-refractivity contribution in [2.24, 2.45) is 0 Å². The Bertz CT molecular complexity index is 717. The van der Waals surface area contributed by atoms with Crippen LogP contribution >= 0.6 is 11.3 Å². The van der Waals surface area contributed by atoms with Gasteiger partial charge in [-0.1, -0.05) is 31.0 Å². The SMILES string of the molecule is O=C(CCCNC(=O)c1ccccc1)Nc1nc2c(s1)CCCCCC2. The Morgan fingerprint density at radius 3 is 2.62 bits per heavy atom. The number of rotatable bonds is 6. The highest BCUT2D eigenvalue weighted by atomic mass is 32.1. The Kier molecular flexibility index (Phi) is 6.77. The second-order valence-electron chi connectivity index (χ2n) is 6.58. The molecule has 0 aliphatic heterocycles. The lowest BCUT2D eigenvalue weighted by Gasteiger charge is -2.06. The largest absolute Gasteiger partial charge is 0.352 e. The van der Waals surface area contributed by atoms with E-state index in [1.54, 1.807) is 23.5 Å². The highest BCUT2D eigenvalue weighted by Gasteiger charge is 2.14. The summed E-state index contributed by atoms with van der Waals surface area (Å²) in [5.74, 6) is -0.147. The summed E-state index contributed by atoms with van der Waals surface area (Å²) in [4.78, 5) is 30.0. The first-order chi connectivity index (χ1) is 12.7. The normalized spacial score (nSPS) is 14.0. The van der Waals surface area contributed by atoms with Crippen LogP contribution in [0, 0.1) is 0 Å². The van der Waals surface area contributed by atoms with Gasteiger partial charge in [-0.15, -0.1) is 11.3 Å². The van der Waals surface area contributed by atoms with Crippen LogP contribution in [0.1, 0.15) is 59.5 Å². The minimum atomic E-state index is -0.106. The number of anilines is 1. The predicted octanol–water partition coefficient (Wildman–Crippen LogP) is 3.95. The third-order valence-electron chi connectivity index (χ3n) is 4.49. The molecule has 0 spiro atoms. The Labute approximate surface area is 158 Å². The summed E-state index contributed by atoms with van der Waals surface area (Å²) in [7, 11) is 0. The van der Waals surface area contributed by atoms with E-state index in [4.69, 9.17) is 0 Å². The molecule has 1 aromatic carbocycles. The van der Waals surface area contributed by atoms with E-state index in [-0.39, 0.29) is 11.8 Å². The zero-order chi connectivity index (χ0) is 18.2. The van der Waals surface area contributed by atoms with Gasteiger partial charge in [-0.25, -0.2) is 4.98 Å². The van der Waals surface area contributed by atoms with Gasteiger partial charge in [0.2, 0.25) is 5.91 Å². The highest BCUT2D eigenvalue weighted by Crippen LogP contribution is 2.28. The van der Waals surface area contributed by atoms with Crippen LogP contribution in [0.5, 0.6) is 0 Å². The van der Waals surface area contributed by atoms with Crippen molar-refractivity contribution in [3.05, 3.63) is 46.5 Å². The molecule has 138 valence electrons. The van der Waals surface area contributed by atoms with Crippen LogP contribution in [0.2, 0.25) is 0 Å². The lowest BCUT2D eigenvalue weighted by Crippen LogP contribution is -2.25. The quantitative estimate of drug-likeness (QED) is 0.755. The van der Waals surface area contributed by atoms with Crippen molar-refractivity contribution in [3.8, 4) is 0 Å². The third-order valence-corrected chi connectivity index (χ3v) is 5.57. The number of carbonyl (C=O) groups excluding carboxylic acids is 2. The number of amides is 2. The molecule has 2 N–H and O–H groups in total. The maximum Gasteiger partial charge on any atom is 0.251 e. The van der Waals surface area contributed by atoms with Crippen molar-refractivity contribution in [2.75, 3.05) is 11.9 Å². The topological polar surface area (TPSA) is 71.1 Å². The first-order valence-corrected chi connectivity index (χ1v) is 10.2. The molecule has 0 fully saturated rings. The van der Waals surface area contributed by atoms with E-state index in [1.807, 2.05) is 18.2 Å². The fraction of sp³-hybridized carbons (Fsp3) is 0.450. The van der Waals surface area contributed by atoms with Crippen molar-refractivity contribution < 1.29 is 9.59 Å². The second kappa shape index (κ2) is 9.48. The van der Waals surface area contributed by atoms with Crippen LogP contribution < -0.4 is 10.6 Å². The standard InChI is InChI=1S/C20H25N3O2S/c24-18(13-8-14-21-19(25)15-9-4-3-5-10-15)23-20-22-16-11-6-1-2-7-12-17(16)26-20/h3-5,9-10H,1-2,6-8,11-14H2,(H,21,25)(H,22,23,24). The van der Waals surface area contributed by atoms with E-state index < -0.39 is 0 Å². The number of hydrogen-bond acceptors (Lipinski definition) is 4. The Hall–Kier alpha value is -2.21. The van der Waals surface area contributed by atoms with Crippen LogP contribution in [0.3, 0.4) is 0 Å². The lowest BCUT2D eigenvalue weighted by atomic mass is 10.0. The molecule has 5 nitrogen and oxygen atoms in total. The minimum Gasteiger partial charge on any atom is -0.352 e. The maximum atomic E-state index is 12.1. The summed E-state index contributed by atoms with van der Waals surface area (Å²) >= 11 is 1.61. The summed E-state index contributed by atoms with van der Waals surface area (Å²) < 4.78 is 0. The second-order valence-corrected chi connectivity index (χ2v) is 7.66. The highest BCUT2D eigenvalue weighted by molar-refractivity contribution is 7.15. The zero-order valence-corrected chi connectivity index (χ0v) is 15.7. The number of fused-ring (bicyclic) bond motifs is 1. The van der Waals surface area contributed by atoms with Crippen molar-refractivity contribution >= 4 is 28.3 Å². The summed E-state index contributed by atoms with van der Waals surface area (Å²) in [5.41, 5.74) is 1.80. The molecule has 0 radical (unpaired) electrons. The van der Waals surface area contributed by atoms with Crippen molar-refractivity contribution in [3.63, 3.8) is 0 Å². The number of nitrogens with one attached hydrogen (secondary N) is 2. The molecule has 2 aromatic rings. The molecule has 1 aromatic heterocycles. The van der Waals surface area contributed by atoms with E-state index in [0.29, 0.717) is 24.9 Å². The Balaban J connectivity index is 1.40. The maximum absolute atomic E-state index is 12.1. The fourth-order valence-electron chi connectivity index (χ4n) is 3.08. The van der Waals surface area contributed by atoms with E-state index >= 15 is 0 Å². The van der Waals surface area contributed by atoms with E-state index in [0.717, 1.165) is 18.0 Å². The van der Waals surface area contributed by atoms with Gasteiger partial charge < -0.3 is 10.6 Å². The lowest BCUT2D eigenvalue weighted by molar-refractivity contribution is -0.116. The van der Waals surface area contributed by atoms with Gasteiger partial charge in [0.15, 0.2) is 5.13 Å². The van der Waals surface area contributed by atoms with E-state index in [9.17, 15) is 9.59 Å². The fourth-order valence-corrected chi connectivity index (χ4v) is 4.15. The molecule has 0 bridgehead atoms. The molecule has 2 amide bonds. The molecule has 1 heterocycles. The van der Waals surface area contributed by atoms with Gasteiger partial charge in [-0.3, -0.25) is 9.59 Å². The monoisotopic (exact) mass is 371 g/mol. The van der Waals surface area contributed by atoms with Gasteiger partial charge in [-0.2, -0.15) is 0 Å². The van der Waals surface area contributed by atoms with Gasteiger partial charge in [-0.05, 0) is 44.2 Å². The summed E-state index contributed by atoms with van der Waals surface area (Å²) in [6, 6.07) is 9.09. The smallest absolute Gasteiger partial charge is 0.251 e. The molecule has 1 aliphatic rings. The number of carbonyl (C=O) groups is 2. The van der Waals surface area contributed by atoms with Gasteiger partial charge in [0.1, 0.15) is 0 Å². The number of nitrogens with zero attached hydrogens (tertiary/aromatic N) is 1. The number of benzene rings is 1. The molecule has 0 saturated carbocycles. The van der Waals surface area contributed by atoms with E-state index in [1.165, 1.54) is 36.3 Å². The van der Waals surface area contributed by atoms with Crippen molar-refractivity contribution in [1.82, 2.24) is 10.3 Å². The summed E-state index contributed by atoms with van der Waals surface area (Å²) in [6.45, 7) is 0.482. The number of hydrogen-bond donors (Lipinski definition) is 2. The predicted molar refractivity (Wildman–Crippen MR) is 105 cm³/mol. The van der Waals surface area contributed by atoms with Crippen molar-refractivity contribution in [1.29, 1.82) is 0 Å². The van der Waals surface area contributed by atoms with Crippen LogP contribution in [0.4, 0.5) is 5.13 Å². The van der Waals surface area contributed by atoms with Crippen LogP contribution in [-0.4, -0.2) is 23.3 Å². The average molecular weight is 372 g/mol. The molecule has 0 unspecified atom stereocenters. The van der Waals surface area contributed by atoms with Crippen molar-refractivity contribution in [2.45, 2.75) is 51.4 Å². The molecule has 0 atom stereocenters. The number of thiazole rings is 1. The van der Waals surface area contributed by atoms with Crippen LogP contribution in [-0.2, 0) is 17.6 Å². The Morgan fingerprint density at radius 2 is 1.81 bits per heavy atom. The molecule has 6 heteroatoms.